The lowest BCUT2D eigenvalue weighted by atomic mass is 9.98. The molecule has 2 aromatic heterocycles. The van der Waals surface area contributed by atoms with Crippen molar-refractivity contribution in [3.63, 3.8) is 0 Å². The lowest BCUT2D eigenvalue weighted by Gasteiger charge is -2.32. The molecule has 1 aliphatic rings. The molecule has 2 aromatic rings. The first-order chi connectivity index (χ1) is 11.8. The number of carbonyl (C=O) groups excluding carboxylic acids is 1. The zero-order valence-corrected chi connectivity index (χ0v) is 14.4. The number of piperidine rings is 1. The zero-order chi connectivity index (χ0) is 16.8. The quantitative estimate of drug-likeness (QED) is 0.652. The van der Waals surface area contributed by atoms with Crippen molar-refractivity contribution in [1.82, 2.24) is 25.3 Å². The molecule has 0 aliphatic carbocycles. The summed E-state index contributed by atoms with van der Waals surface area (Å²) < 4.78 is 0. The van der Waals surface area contributed by atoms with Gasteiger partial charge in [0, 0.05) is 44.4 Å². The molecule has 1 saturated heterocycles. The van der Waals surface area contributed by atoms with E-state index in [1.165, 1.54) is 11.8 Å². The highest BCUT2D eigenvalue weighted by Gasteiger charge is 2.22. The zero-order valence-electron chi connectivity index (χ0n) is 13.6. The van der Waals surface area contributed by atoms with Gasteiger partial charge in [-0.15, -0.1) is 0 Å². The molecule has 3 heterocycles. The Hall–Kier alpha value is -2.22. The number of anilines is 1. The van der Waals surface area contributed by atoms with E-state index in [-0.39, 0.29) is 5.91 Å². The number of hydrogen-bond acceptors (Lipinski definition) is 7. The standard InChI is InChI=1S/C16H20N6OS/c1-24-16-20-9-13(10-21-16)14(23)19-8-12-4-2-7-22(11-12)15-17-5-3-6-18-15/h3,5-6,9-10,12H,2,4,7-8,11H2,1H3,(H,19,23). The highest BCUT2D eigenvalue weighted by Crippen LogP contribution is 2.19. The molecule has 0 saturated carbocycles. The first-order valence-electron chi connectivity index (χ1n) is 7.92. The van der Waals surface area contributed by atoms with Gasteiger partial charge in [-0.25, -0.2) is 19.9 Å². The summed E-state index contributed by atoms with van der Waals surface area (Å²) in [5.74, 6) is 1.02. The van der Waals surface area contributed by atoms with E-state index in [1.807, 2.05) is 12.3 Å². The Kier molecular flexibility index (Phi) is 5.58. The summed E-state index contributed by atoms with van der Waals surface area (Å²) in [4.78, 5) is 31.3. The van der Waals surface area contributed by atoms with Crippen molar-refractivity contribution in [2.75, 3.05) is 30.8 Å². The monoisotopic (exact) mass is 344 g/mol. The van der Waals surface area contributed by atoms with Crippen molar-refractivity contribution in [2.24, 2.45) is 5.92 Å². The van der Waals surface area contributed by atoms with Gasteiger partial charge in [-0.2, -0.15) is 0 Å². The van der Waals surface area contributed by atoms with Gasteiger partial charge in [-0.3, -0.25) is 4.79 Å². The topological polar surface area (TPSA) is 83.9 Å². The van der Waals surface area contributed by atoms with E-state index in [1.54, 1.807) is 24.8 Å². The molecule has 0 spiro atoms. The third kappa shape index (κ3) is 4.19. The van der Waals surface area contributed by atoms with Gasteiger partial charge in [0.25, 0.3) is 5.91 Å². The minimum Gasteiger partial charge on any atom is -0.352 e. The van der Waals surface area contributed by atoms with E-state index in [4.69, 9.17) is 0 Å². The summed E-state index contributed by atoms with van der Waals surface area (Å²) in [6.45, 7) is 2.44. The van der Waals surface area contributed by atoms with Crippen molar-refractivity contribution in [3.8, 4) is 0 Å². The Bertz CT molecular complexity index is 666. The second kappa shape index (κ2) is 8.05. The molecule has 0 aromatic carbocycles. The van der Waals surface area contributed by atoms with E-state index in [2.05, 4.69) is 30.2 Å². The van der Waals surface area contributed by atoms with Crippen molar-refractivity contribution >= 4 is 23.6 Å². The van der Waals surface area contributed by atoms with Gasteiger partial charge in [-0.1, -0.05) is 11.8 Å². The number of aromatic nitrogens is 4. The molecule has 1 fully saturated rings. The van der Waals surface area contributed by atoms with Gasteiger partial charge in [0.15, 0.2) is 5.16 Å². The molecule has 8 heteroatoms. The fourth-order valence-corrected chi connectivity index (χ4v) is 3.06. The molecular formula is C16H20N6OS. The van der Waals surface area contributed by atoms with Crippen LogP contribution in [-0.2, 0) is 0 Å². The molecule has 0 radical (unpaired) electrons. The number of rotatable bonds is 5. The van der Waals surface area contributed by atoms with E-state index < -0.39 is 0 Å². The molecule has 24 heavy (non-hydrogen) atoms. The van der Waals surface area contributed by atoms with Crippen LogP contribution in [0.25, 0.3) is 0 Å². The van der Waals surface area contributed by atoms with Crippen LogP contribution >= 0.6 is 11.8 Å². The predicted octanol–water partition coefficient (Wildman–Crippen LogP) is 1.63. The first kappa shape index (κ1) is 16.6. The number of thioether (sulfide) groups is 1. The third-order valence-electron chi connectivity index (χ3n) is 3.98. The van der Waals surface area contributed by atoms with Crippen molar-refractivity contribution in [3.05, 3.63) is 36.4 Å². The smallest absolute Gasteiger partial charge is 0.254 e. The Morgan fingerprint density at radius 2 is 2.04 bits per heavy atom. The highest BCUT2D eigenvalue weighted by atomic mass is 32.2. The van der Waals surface area contributed by atoms with E-state index in [0.717, 1.165) is 31.9 Å². The maximum Gasteiger partial charge on any atom is 0.254 e. The highest BCUT2D eigenvalue weighted by molar-refractivity contribution is 7.98. The minimum atomic E-state index is -0.129. The normalized spacial score (nSPS) is 17.5. The van der Waals surface area contributed by atoms with Crippen LogP contribution in [0.1, 0.15) is 23.2 Å². The largest absolute Gasteiger partial charge is 0.352 e. The number of carbonyl (C=O) groups is 1. The van der Waals surface area contributed by atoms with Gasteiger partial charge in [0.2, 0.25) is 5.95 Å². The van der Waals surface area contributed by atoms with Gasteiger partial charge in [0.1, 0.15) is 0 Å². The van der Waals surface area contributed by atoms with E-state index in [0.29, 0.717) is 23.2 Å². The number of hydrogen-bond donors (Lipinski definition) is 1. The summed E-state index contributed by atoms with van der Waals surface area (Å²) in [7, 11) is 0. The molecule has 1 N–H and O–H groups in total. The fourth-order valence-electron chi connectivity index (χ4n) is 2.75. The average molecular weight is 344 g/mol. The molecule has 1 aliphatic heterocycles. The van der Waals surface area contributed by atoms with E-state index >= 15 is 0 Å². The van der Waals surface area contributed by atoms with Gasteiger partial charge >= 0.3 is 0 Å². The van der Waals surface area contributed by atoms with Crippen LogP contribution in [0.3, 0.4) is 0 Å². The second-order valence-corrected chi connectivity index (χ2v) is 6.44. The summed E-state index contributed by atoms with van der Waals surface area (Å²) in [5.41, 5.74) is 0.492. The molecule has 7 nitrogen and oxygen atoms in total. The maximum atomic E-state index is 12.2. The van der Waals surface area contributed by atoms with Gasteiger partial charge in [0.05, 0.1) is 5.56 Å². The Morgan fingerprint density at radius 3 is 2.75 bits per heavy atom. The van der Waals surface area contributed by atoms with Crippen molar-refractivity contribution in [2.45, 2.75) is 18.0 Å². The molecular weight excluding hydrogens is 324 g/mol. The maximum absolute atomic E-state index is 12.2. The molecule has 1 unspecified atom stereocenters. The lowest BCUT2D eigenvalue weighted by Crippen LogP contribution is -2.41. The molecule has 1 atom stereocenters. The third-order valence-corrected chi connectivity index (χ3v) is 4.55. The fraction of sp³-hybridized carbons (Fsp3) is 0.438. The molecule has 3 rings (SSSR count). The van der Waals surface area contributed by atoms with Crippen molar-refractivity contribution < 1.29 is 4.79 Å². The van der Waals surface area contributed by atoms with Crippen LogP contribution in [0.15, 0.2) is 36.0 Å². The summed E-state index contributed by atoms with van der Waals surface area (Å²) >= 11 is 1.45. The Balaban J connectivity index is 1.53. The Morgan fingerprint density at radius 1 is 1.29 bits per heavy atom. The summed E-state index contributed by atoms with van der Waals surface area (Å²) in [6.07, 6.45) is 10.7. The van der Waals surface area contributed by atoms with Gasteiger partial charge in [-0.05, 0) is 31.1 Å². The van der Waals surface area contributed by atoms with Crippen molar-refractivity contribution in [1.29, 1.82) is 0 Å². The van der Waals surface area contributed by atoms with E-state index in [9.17, 15) is 4.79 Å². The van der Waals surface area contributed by atoms with Crippen LogP contribution in [0, 0.1) is 5.92 Å². The number of nitrogens with one attached hydrogen (secondary N) is 1. The van der Waals surface area contributed by atoms with Crippen LogP contribution in [0.2, 0.25) is 0 Å². The summed E-state index contributed by atoms with van der Waals surface area (Å²) in [5, 5.41) is 3.65. The molecule has 126 valence electrons. The predicted molar refractivity (Wildman–Crippen MR) is 93.1 cm³/mol. The lowest BCUT2D eigenvalue weighted by molar-refractivity contribution is 0.0944. The molecule has 0 bridgehead atoms. The van der Waals surface area contributed by atoms with Crippen LogP contribution in [0.5, 0.6) is 0 Å². The Labute approximate surface area is 145 Å². The van der Waals surface area contributed by atoms with Crippen LogP contribution < -0.4 is 10.2 Å². The first-order valence-corrected chi connectivity index (χ1v) is 9.15. The number of amides is 1. The molecule has 1 amide bonds. The summed E-state index contributed by atoms with van der Waals surface area (Å²) in [6, 6.07) is 1.82. The van der Waals surface area contributed by atoms with Crippen LogP contribution in [0.4, 0.5) is 5.95 Å². The van der Waals surface area contributed by atoms with Gasteiger partial charge < -0.3 is 10.2 Å². The average Bonchev–Trinajstić information content (AvgIpc) is 2.67. The number of nitrogens with zero attached hydrogens (tertiary/aromatic N) is 5. The second-order valence-electron chi connectivity index (χ2n) is 5.67. The SMILES string of the molecule is CSc1ncc(C(=O)NCC2CCCN(c3ncccn3)C2)cn1. The van der Waals surface area contributed by atoms with Crippen LogP contribution in [-0.4, -0.2) is 51.7 Å². The minimum absolute atomic E-state index is 0.129.